The predicted molar refractivity (Wildman–Crippen MR) is 126 cm³/mol. The van der Waals surface area contributed by atoms with Crippen LogP contribution in [-0.2, 0) is 0 Å². The minimum absolute atomic E-state index is 0.731. The lowest BCUT2D eigenvalue weighted by molar-refractivity contribution is 1.23. The second kappa shape index (κ2) is 7.11. The maximum Gasteiger partial charge on any atom is 0.0485 e. The lowest BCUT2D eigenvalue weighted by atomic mass is 10.1. The Morgan fingerprint density at radius 1 is 0.484 bits per heavy atom. The summed E-state index contributed by atoms with van der Waals surface area (Å²) in [6.45, 7) is 0. The summed E-state index contributed by atoms with van der Waals surface area (Å²) in [6, 6.07) is 22.6. The summed E-state index contributed by atoms with van der Waals surface area (Å²) in [5.41, 5.74) is 6.39. The van der Waals surface area contributed by atoms with Crippen LogP contribution in [0.3, 0.4) is 0 Å². The van der Waals surface area contributed by atoms with E-state index in [1.165, 1.54) is 0 Å². The second-order valence-electron chi connectivity index (χ2n) is 7.74. The highest BCUT2D eigenvalue weighted by atomic mass is 35.5. The van der Waals surface area contributed by atoms with Crippen molar-refractivity contribution in [2.75, 3.05) is 0 Å². The molecule has 4 aromatic heterocycles. The Balaban J connectivity index is 1.62. The Hall–Kier alpha value is -3.89. The number of nitrogens with one attached hydrogen (secondary N) is 4. The Labute approximate surface area is 182 Å². The quantitative estimate of drug-likeness (QED) is 0.315. The first kappa shape index (κ1) is 17.9. The molecule has 5 heterocycles. The van der Waals surface area contributed by atoms with Gasteiger partial charge in [-0.05, 0) is 84.5 Å². The number of H-pyrrole nitrogens is 4. The molecule has 0 amide bonds. The van der Waals surface area contributed by atoms with Crippen molar-refractivity contribution in [3.8, 4) is 11.1 Å². The van der Waals surface area contributed by atoms with Crippen molar-refractivity contribution in [3.63, 3.8) is 0 Å². The standard InChI is InChI=1S/C26H19ClN4/c27-17-3-1-16(2-4-17)25-14-24-13-22-8-7-20(29-22)11-18-5-6-19(28-18)12-21-9-10-23(30-21)15-26(25)31-24/h1-15,28-31H. The van der Waals surface area contributed by atoms with Crippen molar-refractivity contribution in [2.24, 2.45) is 0 Å². The molecule has 150 valence electrons. The number of hydrogen-bond acceptors (Lipinski definition) is 0. The van der Waals surface area contributed by atoms with E-state index < -0.39 is 0 Å². The van der Waals surface area contributed by atoms with Gasteiger partial charge in [0.15, 0.2) is 0 Å². The first-order valence-electron chi connectivity index (χ1n) is 10.1. The molecule has 0 atom stereocenters. The average molecular weight is 423 g/mol. The van der Waals surface area contributed by atoms with E-state index in [0.29, 0.717) is 0 Å². The second-order valence-corrected chi connectivity index (χ2v) is 8.18. The molecule has 0 unspecified atom stereocenters. The van der Waals surface area contributed by atoms with E-state index >= 15 is 0 Å². The smallest absolute Gasteiger partial charge is 0.0485 e. The van der Waals surface area contributed by atoms with Gasteiger partial charge in [0.25, 0.3) is 0 Å². The highest BCUT2D eigenvalue weighted by Gasteiger charge is 2.05. The molecule has 0 spiro atoms. The van der Waals surface area contributed by atoms with Crippen molar-refractivity contribution < 1.29 is 0 Å². The molecule has 5 heteroatoms. The zero-order valence-corrected chi connectivity index (χ0v) is 17.3. The Bertz CT molecular complexity index is 1640. The molecule has 0 saturated heterocycles. The van der Waals surface area contributed by atoms with Gasteiger partial charge in [-0.1, -0.05) is 23.7 Å². The molecule has 31 heavy (non-hydrogen) atoms. The SMILES string of the molecule is Clc1ccc(-c2cc3[nH]c2=Cc2ccc([nH]2)C=c2ccc([nH]2)=Cc2ccc([nH]2)C=3)cc1. The lowest BCUT2D eigenvalue weighted by Gasteiger charge is -1.98. The molecule has 1 aliphatic heterocycles. The summed E-state index contributed by atoms with van der Waals surface area (Å²) in [4.78, 5) is 14.0. The maximum atomic E-state index is 6.11. The Kier molecular flexibility index (Phi) is 4.11. The van der Waals surface area contributed by atoms with Crippen molar-refractivity contribution >= 4 is 35.9 Å². The highest BCUT2D eigenvalue weighted by Crippen LogP contribution is 2.18. The molecular formula is C26H19ClN4. The van der Waals surface area contributed by atoms with Crippen LogP contribution in [0.2, 0.25) is 5.02 Å². The van der Waals surface area contributed by atoms with Gasteiger partial charge in [0, 0.05) is 54.8 Å². The van der Waals surface area contributed by atoms with Gasteiger partial charge in [-0.3, -0.25) is 0 Å². The zero-order valence-electron chi connectivity index (χ0n) is 16.5. The molecule has 4 N–H and O–H groups in total. The van der Waals surface area contributed by atoms with E-state index in [4.69, 9.17) is 11.6 Å². The molecule has 6 rings (SSSR count). The third-order valence-corrected chi connectivity index (χ3v) is 5.70. The van der Waals surface area contributed by atoms with Gasteiger partial charge in [0.05, 0.1) is 0 Å². The van der Waals surface area contributed by atoms with Crippen LogP contribution in [0.4, 0.5) is 0 Å². The number of fused-ring (bicyclic) bond motifs is 8. The van der Waals surface area contributed by atoms with Gasteiger partial charge in [0.2, 0.25) is 0 Å². The lowest BCUT2D eigenvalue weighted by Crippen LogP contribution is -2.11. The van der Waals surface area contributed by atoms with E-state index in [0.717, 1.165) is 60.3 Å². The fourth-order valence-corrected chi connectivity index (χ4v) is 4.13. The van der Waals surface area contributed by atoms with Crippen LogP contribution in [0.15, 0.2) is 66.7 Å². The molecule has 0 aliphatic carbocycles. The first-order valence-corrected chi connectivity index (χ1v) is 10.5. The van der Waals surface area contributed by atoms with Crippen molar-refractivity contribution in [1.29, 1.82) is 0 Å². The van der Waals surface area contributed by atoms with E-state index in [1.54, 1.807) is 0 Å². The minimum Gasteiger partial charge on any atom is -0.355 e. The van der Waals surface area contributed by atoms with Gasteiger partial charge in [0.1, 0.15) is 0 Å². The van der Waals surface area contributed by atoms with E-state index in [-0.39, 0.29) is 0 Å². The number of aromatic nitrogens is 4. The number of rotatable bonds is 1. The Morgan fingerprint density at radius 2 is 1.03 bits per heavy atom. The van der Waals surface area contributed by atoms with Crippen molar-refractivity contribution in [3.05, 3.63) is 116 Å². The highest BCUT2D eigenvalue weighted by molar-refractivity contribution is 6.30. The third kappa shape index (κ3) is 3.58. The van der Waals surface area contributed by atoms with E-state index in [1.807, 2.05) is 24.3 Å². The van der Waals surface area contributed by atoms with Crippen LogP contribution in [-0.4, -0.2) is 19.9 Å². The number of hydrogen-bond donors (Lipinski definition) is 4. The summed E-state index contributed by atoms with van der Waals surface area (Å²) in [6.07, 6.45) is 8.47. The number of aromatic amines is 4. The zero-order chi connectivity index (χ0) is 20.8. The number of halogens is 1. The van der Waals surface area contributed by atoms with Crippen LogP contribution < -0.4 is 21.4 Å². The van der Waals surface area contributed by atoms with Crippen LogP contribution in [0.25, 0.3) is 35.4 Å². The topological polar surface area (TPSA) is 63.2 Å². The molecule has 8 bridgehead atoms. The average Bonchev–Trinajstić information content (AvgIpc) is 3.54. The summed E-state index contributed by atoms with van der Waals surface area (Å²) < 4.78 is 0. The Morgan fingerprint density at radius 3 is 1.65 bits per heavy atom. The first-order chi connectivity index (χ1) is 15.2. The van der Waals surface area contributed by atoms with Crippen LogP contribution in [0.5, 0.6) is 0 Å². The fourth-order valence-electron chi connectivity index (χ4n) is 4.00. The monoisotopic (exact) mass is 422 g/mol. The molecule has 1 aromatic carbocycles. The van der Waals surface area contributed by atoms with Crippen molar-refractivity contribution in [1.82, 2.24) is 19.9 Å². The molecule has 5 aromatic rings. The molecular weight excluding hydrogens is 404 g/mol. The normalized spacial score (nSPS) is 12.4. The maximum absolute atomic E-state index is 6.11. The van der Waals surface area contributed by atoms with Gasteiger partial charge >= 0.3 is 0 Å². The molecule has 1 aliphatic rings. The van der Waals surface area contributed by atoms with E-state index in [2.05, 4.69) is 86.7 Å². The summed E-state index contributed by atoms with van der Waals surface area (Å²) in [5.74, 6) is 0. The largest absolute Gasteiger partial charge is 0.355 e. The number of benzene rings is 1. The van der Waals surface area contributed by atoms with Crippen molar-refractivity contribution in [2.45, 2.75) is 0 Å². The van der Waals surface area contributed by atoms with E-state index in [9.17, 15) is 0 Å². The predicted octanol–water partition coefficient (Wildman–Crippen LogP) is 2.95. The minimum atomic E-state index is 0.731. The van der Waals surface area contributed by atoms with Gasteiger partial charge in [-0.25, -0.2) is 0 Å². The van der Waals surface area contributed by atoms with Crippen LogP contribution in [0, 0.1) is 0 Å². The molecule has 4 nitrogen and oxygen atoms in total. The summed E-state index contributed by atoms with van der Waals surface area (Å²) in [7, 11) is 0. The van der Waals surface area contributed by atoms with Gasteiger partial charge in [-0.2, -0.15) is 0 Å². The van der Waals surface area contributed by atoms with Gasteiger partial charge in [-0.15, -0.1) is 0 Å². The van der Waals surface area contributed by atoms with Crippen LogP contribution >= 0.6 is 11.6 Å². The third-order valence-electron chi connectivity index (χ3n) is 5.45. The fraction of sp³-hybridized carbons (Fsp3) is 0. The van der Waals surface area contributed by atoms with Crippen LogP contribution in [0.1, 0.15) is 22.8 Å². The van der Waals surface area contributed by atoms with Gasteiger partial charge < -0.3 is 19.9 Å². The summed E-state index contributed by atoms with van der Waals surface area (Å²) in [5, 5.41) is 4.90. The summed E-state index contributed by atoms with van der Waals surface area (Å²) >= 11 is 6.11. The molecule has 0 radical (unpaired) electrons. The molecule has 0 saturated carbocycles. The molecule has 0 fully saturated rings.